The third kappa shape index (κ3) is 8.78. The molecule has 2 rings (SSSR count). The molecule has 4 N–H and O–H groups in total. The van der Waals surface area contributed by atoms with Crippen LogP contribution >= 0.6 is 0 Å². The molecule has 0 fully saturated rings. The second-order valence-corrected chi connectivity index (χ2v) is 8.54. The SMILES string of the molecule is CCCCNC(=O)c1nn(-c2ccc(F)cc2)c(CC[C@@H](O)C[C@@H](O)CC(=O)O)c1C(C)C.[NaH]. The van der Waals surface area contributed by atoms with Crippen LogP contribution in [0.15, 0.2) is 24.3 Å². The zero-order valence-electron chi connectivity index (χ0n) is 19.4. The molecule has 0 aliphatic rings. The molecule has 8 nitrogen and oxygen atoms in total. The van der Waals surface area contributed by atoms with Gasteiger partial charge in [-0.1, -0.05) is 27.2 Å². The normalized spacial score (nSPS) is 12.8. The number of rotatable bonds is 13. The van der Waals surface area contributed by atoms with Gasteiger partial charge in [-0.3, -0.25) is 9.59 Å². The summed E-state index contributed by atoms with van der Waals surface area (Å²) in [7, 11) is 0. The van der Waals surface area contributed by atoms with Gasteiger partial charge in [0.05, 0.1) is 24.3 Å². The van der Waals surface area contributed by atoms with Gasteiger partial charge in [-0.25, -0.2) is 9.07 Å². The van der Waals surface area contributed by atoms with Crippen molar-refractivity contribution in [1.82, 2.24) is 15.1 Å². The van der Waals surface area contributed by atoms with Crippen LogP contribution in [0.25, 0.3) is 5.69 Å². The van der Waals surface area contributed by atoms with E-state index in [1.165, 1.54) is 12.1 Å². The number of carboxylic acids is 1. The Morgan fingerprint density at radius 2 is 1.79 bits per heavy atom. The van der Waals surface area contributed by atoms with Crippen molar-refractivity contribution < 1.29 is 29.3 Å². The predicted molar refractivity (Wildman–Crippen MR) is 129 cm³/mol. The molecule has 1 aromatic heterocycles. The fourth-order valence-electron chi connectivity index (χ4n) is 3.76. The molecule has 0 saturated heterocycles. The number of hydrogen-bond donors (Lipinski definition) is 4. The third-order valence-corrected chi connectivity index (χ3v) is 5.37. The van der Waals surface area contributed by atoms with E-state index in [1.54, 1.807) is 16.8 Å². The average Bonchev–Trinajstić information content (AvgIpc) is 3.12. The van der Waals surface area contributed by atoms with Crippen molar-refractivity contribution in [2.75, 3.05) is 6.54 Å². The molecule has 0 aliphatic heterocycles. The molecule has 1 heterocycles. The van der Waals surface area contributed by atoms with Gasteiger partial charge < -0.3 is 20.6 Å². The molecule has 184 valence electrons. The van der Waals surface area contributed by atoms with Gasteiger partial charge in [0.2, 0.25) is 0 Å². The molecule has 1 aromatic carbocycles. The number of carbonyl (C=O) groups excluding carboxylic acids is 1. The number of benzene rings is 1. The summed E-state index contributed by atoms with van der Waals surface area (Å²) < 4.78 is 15.1. The fraction of sp³-hybridized carbons (Fsp3) is 0.542. The van der Waals surface area contributed by atoms with E-state index in [4.69, 9.17) is 5.11 Å². The number of aliphatic carboxylic acids is 1. The summed E-state index contributed by atoms with van der Waals surface area (Å²) in [5, 5.41) is 36.4. The van der Waals surface area contributed by atoms with Crippen LogP contribution < -0.4 is 5.32 Å². The Hall–Kier alpha value is -1.78. The Balaban J connectivity index is 0.00000578. The van der Waals surface area contributed by atoms with E-state index in [0.717, 1.165) is 18.4 Å². The van der Waals surface area contributed by atoms with Crippen molar-refractivity contribution in [3.63, 3.8) is 0 Å². The van der Waals surface area contributed by atoms with Crippen molar-refractivity contribution in [1.29, 1.82) is 0 Å². The van der Waals surface area contributed by atoms with Gasteiger partial charge in [0.1, 0.15) is 5.82 Å². The monoisotopic (exact) mass is 487 g/mol. The number of carboxylic acid groups (broad SMARTS) is 1. The van der Waals surface area contributed by atoms with E-state index in [1.807, 2.05) is 20.8 Å². The number of aliphatic hydroxyl groups excluding tert-OH is 2. The van der Waals surface area contributed by atoms with Crippen molar-refractivity contribution in [3.05, 3.63) is 47.0 Å². The number of nitrogens with one attached hydrogen (secondary N) is 1. The topological polar surface area (TPSA) is 125 Å². The Morgan fingerprint density at radius 1 is 1.15 bits per heavy atom. The maximum absolute atomic E-state index is 13.5. The number of halogens is 1. The number of nitrogens with zero attached hydrogens (tertiary/aromatic N) is 2. The van der Waals surface area contributed by atoms with E-state index in [-0.39, 0.29) is 54.2 Å². The van der Waals surface area contributed by atoms with Gasteiger partial charge in [-0.2, -0.15) is 5.10 Å². The molecule has 0 radical (unpaired) electrons. The summed E-state index contributed by atoms with van der Waals surface area (Å²) in [5.74, 6) is -1.86. The molecule has 0 aliphatic carbocycles. The van der Waals surface area contributed by atoms with Gasteiger partial charge in [0.15, 0.2) is 5.69 Å². The van der Waals surface area contributed by atoms with E-state index in [2.05, 4.69) is 10.4 Å². The molecule has 0 unspecified atom stereocenters. The third-order valence-electron chi connectivity index (χ3n) is 5.37. The molecule has 2 aromatic rings. The number of hydrogen-bond acceptors (Lipinski definition) is 5. The summed E-state index contributed by atoms with van der Waals surface area (Å²) in [6.45, 7) is 6.47. The van der Waals surface area contributed by atoms with Gasteiger partial charge >= 0.3 is 35.5 Å². The zero-order chi connectivity index (χ0) is 24.5. The Morgan fingerprint density at radius 3 is 2.35 bits per heavy atom. The minimum atomic E-state index is -1.15. The quantitative estimate of drug-likeness (QED) is 0.254. The number of aromatic nitrogens is 2. The second kappa shape index (κ2) is 14.6. The second-order valence-electron chi connectivity index (χ2n) is 8.54. The van der Waals surface area contributed by atoms with Crippen molar-refractivity contribution in [3.8, 4) is 5.69 Å². The van der Waals surface area contributed by atoms with Crippen molar-refractivity contribution >= 4 is 41.4 Å². The van der Waals surface area contributed by atoms with E-state index < -0.39 is 30.4 Å². The summed E-state index contributed by atoms with van der Waals surface area (Å²) in [5.41, 5.74) is 2.33. The molecule has 34 heavy (non-hydrogen) atoms. The molecule has 1 amide bonds. The first-order valence-electron chi connectivity index (χ1n) is 11.4. The number of unbranched alkanes of at least 4 members (excludes halogenated alkanes) is 1. The van der Waals surface area contributed by atoms with E-state index in [0.29, 0.717) is 30.0 Å². The molecule has 0 bridgehead atoms. The van der Waals surface area contributed by atoms with Crippen molar-refractivity contribution in [2.45, 2.75) is 77.4 Å². The van der Waals surface area contributed by atoms with Crippen LogP contribution in [-0.2, 0) is 11.2 Å². The van der Waals surface area contributed by atoms with Crippen LogP contribution in [0.2, 0.25) is 0 Å². The molecular weight excluding hydrogens is 452 g/mol. The molecule has 0 saturated carbocycles. The standard InChI is InChI=1S/C24H34FN3O5.Na.H/c1-4-5-12-26-24(33)23-22(15(2)3)20(11-10-18(29)13-19(30)14-21(31)32)28(27-23)17-8-6-16(25)7-9-17;;/h6-9,15,18-19,29-30H,4-5,10-14H2,1-3H3,(H,26,33)(H,31,32);;/t18-,19-;;/m1../s1. The van der Waals surface area contributed by atoms with Gasteiger partial charge in [-0.05, 0) is 55.9 Å². The maximum atomic E-state index is 13.5. The van der Waals surface area contributed by atoms with Crippen LogP contribution in [0.3, 0.4) is 0 Å². The first kappa shape index (κ1) is 30.3. The van der Waals surface area contributed by atoms with Crippen LogP contribution in [0.4, 0.5) is 4.39 Å². The fourth-order valence-corrected chi connectivity index (χ4v) is 3.76. The number of carbonyl (C=O) groups is 2. The number of aliphatic hydroxyl groups is 2. The van der Waals surface area contributed by atoms with Gasteiger partial charge in [-0.15, -0.1) is 0 Å². The number of amides is 1. The van der Waals surface area contributed by atoms with Gasteiger partial charge in [0, 0.05) is 17.8 Å². The predicted octanol–water partition coefficient (Wildman–Crippen LogP) is 2.54. The summed E-state index contributed by atoms with van der Waals surface area (Å²) in [4.78, 5) is 23.7. The molecule has 10 heteroatoms. The summed E-state index contributed by atoms with van der Waals surface area (Å²) in [6.07, 6.45) is -0.234. The van der Waals surface area contributed by atoms with Crippen LogP contribution in [-0.4, -0.2) is 85.3 Å². The Bertz CT molecular complexity index is 933. The first-order valence-corrected chi connectivity index (χ1v) is 11.4. The first-order chi connectivity index (χ1) is 15.6. The van der Waals surface area contributed by atoms with E-state index in [9.17, 15) is 24.2 Å². The average molecular weight is 488 g/mol. The molecular formula is C24H35FN3NaO5. The van der Waals surface area contributed by atoms with Gasteiger partial charge in [0.25, 0.3) is 5.91 Å². The summed E-state index contributed by atoms with van der Waals surface area (Å²) in [6, 6.07) is 5.77. The molecule has 2 atom stereocenters. The van der Waals surface area contributed by atoms with Crippen molar-refractivity contribution in [2.24, 2.45) is 0 Å². The Kier molecular flexibility index (Phi) is 13.0. The molecule has 0 spiro atoms. The van der Waals surface area contributed by atoms with Crippen LogP contribution in [0.5, 0.6) is 0 Å². The summed E-state index contributed by atoms with van der Waals surface area (Å²) >= 11 is 0. The Labute approximate surface area is 221 Å². The van der Waals surface area contributed by atoms with Crippen LogP contribution in [0.1, 0.15) is 80.5 Å². The minimum absolute atomic E-state index is 0. The van der Waals surface area contributed by atoms with Crippen LogP contribution in [0, 0.1) is 5.82 Å². The van der Waals surface area contributed by atoms with E-state index >= 15 is 0 Å². The zero-order valence-corrected chi connectivity index (χ0v) is 19.4.